The lowest BCUT2D eigenvalue weighted by atomic mass is 10.3. The van der Waals surface area contributed by atoms with Gasteiger partial charge in [-0.05, 0) is 24.3 Å². The molecule has 0 aromatic heterocycles. The molecular formula is C10H10O4. The summed E-state index contributed by atoms with van der Waals surface area (Å²) in [5, 5.41) is 0. The van der Waals surface area contributed by atoms with Crippen LogP contribution in [0.15, 0.2) is 24.3 Å². The first kappa shape index (κ1) is 9.02. The molecule has 0 amide bonds. The van der Waals surface area contributed by atoms with Gasteiger partial charge in [-0.1, -0.05) is 0 Å². The van der Waals surface area contributed by atoms with E-state index in [2.05, 4.69) is 0 Å². The van der Waals surface area contributed by atoms with E-state index >= 15 is 0 Å². The van der Waals surface area contributed by atoms with E-state index in [1.807, 2.05) is 0 Å². The van der Waals surface area contributed by atoms with Crippen molar-refractivity contribution in [3.8, 4) is 11.5 Å². The summed E-state index contributed by atoms with van der Waals surface area (Å²) in [6, 6.07) is 6.82. The van der Waals surface area contributed by atoms with Crippen molar-refractivity contribution >= 4 is 5.97 Å². The summed E-state index contributed by atoms with van der Waals surface area (Å²) in [6.07, 6.45) is -0.364. The lowest BCUT2D eigenvalue weighted by Crippen LogP contribution is -2.14. The third kappa shape index (κ3) is 2.03. The standard InChI is InChI=1S/C10H10O4/c1-12-7-2-4-8(5-3-7)14-10(11)9-6-13-9/h2-5,9H,6H2,1H3. The summed E-state index contributed by atoms with van der Waals surface area (Å²) in [5.41, 5.74) is 0. The minimum absolute atomic E-state index is 0.338. The molecule has 1 fully saturated rings. The van der Waals surface area contributed by atoms with E-state index in [0.717, 1.165) is 5.75 Å². The van der Waals surface area contributed by atoms with Crippen LogP contribution in [0.4, 0.5) is 0 Å². The molecule has 14 heavy (non-hydrogen) atoms. The molecule has 1 aliphatic rings. The number of ether oxygens (including phenoxy) is 3. The van der Waals surface area contributed by atoms with Crippen molar-refractivity contribution in [3.05, 3.63) is 24.3 Å². The zero-order valence-electron chi connectivity index (χ0n) is 7.73. The van der Waals surface area contributed by atoms with Gasteiger partial charge in [-0.25, -0.2) is 4.79 Å². The van der Waals surface area contributed by atoms with Gasteiger partial charge in [0, 0.05) is 0 Å². The normalized spacial score (nSPS) is 18.8. The van der Waals surface area contributed by atoms with Gasteiger partial charge in [0.15, 0.2) is 6.10 Å². The zero-order chi connectivity index (χ0) is 9.97. The predicted molar refractivity (Wildman–Crippen MR) is 48.4 cm³/mol. The minimum Gasteiger partial charge on any atom is -0.497 e. The largest absolute Gasteiger partial charge is 0.497 e. The molecule has 0 aliphatic carbocycles. The van der Waals surface area contributed by atoms with Crippen molar-refractivity contribution in [2.75, 3.05) is 13.7 Å². The molecule has 1 heterocycles. The fourth-order valence-electron chi connectivity index (χ4n) is 1.01. The molecule has 1 saturated heterocycles. The number of rotatable bonds is 3. The van der Waals surface area contributed by atoms with Crippen LogP contribution in [0.25, 0.3) is 0 Å². The number of epoxide rings is 1. The highest BCUT2D eigenvalue weighted by atomic mass is 16.6. The Morgan fingerprint density at radius 1 is 1.36 bits per heavy atom. The zero-order valence-corrected chi connectivity index (χ0v) is 7.73. The molecule has 74 valence electrons. The summed E-state index contributed by atoms with van der Waals surface area (Å²) in [6.45, 7) is 0.467. The Morgan fingerprint density at radius 2 is 1.93 bits per heavy atom. The molecule has 2 rings (SSSR count). The van der Waals surface area contributed by atoms with Crippen molar-refractivity contribution in [1.29, 1.82) is 0 Å². The Balaban J connectivity index is 1.98. The monoisotopic (exact) mass is 194 g/mol. The van der Waals surface area contributed by atoms with Crippen molar-refractivity contribution < 1.29 is 19.0 Å². The van der Waals surface area contributed by atoms with Crippen LogP contribution in [-0.2, 0) is 9.53 Å². The molecule has 1 aliphatic heterocycles. The fraction of sp³-hybridized carbons (Fsp3) is 0.300. The number of methoxy groups -OCH3 is 1. The number of hydrogen-bond donors (Lipinski definition) is 0. The highest BCUT2D eigenvalue weighted by Crippen LogP contribution is 2.19. The molecule has 0 radical (unpaired) electrons. The van der Waals surface area contributed by atoms with Gasteiger partial charge in [-0.3, -0.25) is 0 Å². The van der Waals surface area contributed by atoms with Gasteiger partial charge in [0.1, 0.15) is 11.5 Å². The van der Waals surface area contributed by atoms with Crippen LogP contribution in [0.3, 0.4) is 0 Å². The lowest BCUT2D eigenvalue weighted by Gasteiger charge is -2.03. The van der Waals surface area contributed by atoms with Crippen molar-refractivity contribution in [2.45, 2.75) is 6.10 Å². The summed E-state index contributed by atoms with van der Waals surface area (Å²) in [5.74, 6) is 0.897. The van der Waals surface area contributed by atoms with Crippen LogP contribution >= 0.6 is 0 Å². The van der Waals surface area contributed by atoms with Crippen LogP contribution in [0, 0.1) is 0 Å². The molecule has 0 N–H and O–H groups in total. The molecule has 1 aromatic rings. The SMILES string of the molecule is COc1ccc(OC(=O)C2CO2)cc1. The molecule has 0 spiro atoms. The van der Waals surface area contributed by atoms with E-state index in [1.165, 1.54) is 0 Å². The fourth-order valence-corrected chi connectivity index (χ4v) is 1.01. The first-order valence-corrected chi connectivity index (χ1v) is 4.27. The molecule has 1 aromatic carbocycles. The van der Waals surface area contributed by atoms with Gasteiger partial charge in [-0.2, -0.15) is 0 Å². The average Bonchev–Trinajstić information content (AvgIpc) is 3.02. The third-order valence-electron chi connectivity index (χ3n) is 1.87. The van der Waals surface area contributed by atoms with Crippen molar-refractivity contribution in [2.24, 2.45) is 0 Å². The van der Waals surface area contributed by atoms with Gasteiger partial charge in [-0.15, -0.1) is 0 Å². The van der Waals surface area contributed by atoms with Crippen molar-refractivity contribution in [3.63, 3.8) is 0 Å². The Hall–Kier alpha value is -1.55. The molecule has 1 unspecified atom stereocenters. The number of carbonyl (C=O) groups excluding carboxylic acids is 1. The van der Waals surface area contributed by atoms with Gasteiger partial charge in [0.2, 0.25) is 0 Å². The molecule has 0 bridgehead atoms. The minimum atomic E-state index is -0.364. The third-order valence-corrected chi connectivity index (χ3v) is 1.87. The molecular weight excluding hydrogens is 184 g/mol. The predicted octanol–water partition coefficient (Wildman–Crippen LogP) is 0.999. The van der Waals surface area contributed by atoms with Gasteiger partial charge in [0.25, 0.3) is 0 Å². The number of benzene rings is 1. The van der Waals surface area contributed by atoms with E-state index in [4.69, 9.17) is 14.2 Å². The van der Waals surface area contributed by atoms with Crippen LogP contribution in [0.5, 0.6) is 11.5 Å². The van der Waals surface area contributed by atoms with Crippen LogP contribution < -0.4 is 9.47 Å². The maximum absolute atomic E-state index is 11.2. The Morgan fingerprint density at radius 3 is 2.43 bits per heavy atom. The van der Waals surface area contributed by atoms with Crippen LogP contribution in [0.2, 0.25) is 0 Å². The summed E-state index contributed by atoms with van der Waals surface area (Å²) < 4.78 is 14.8. The number of esters is 1. The van der Waals surface area contributed by atoms with Crippen LogP contribution in [0.1, 0.15) is 0 Å². The smallest absolute Gasteiger partial charge is 0.343 e. The molecule has 1 atom stereocenters. The van der Waals surface area contributed by atoms with Crippen molar-refractivity contribution in [1.82, 2.24) is 0 Å². The molecule has 4 heteroatoms. The Bertz CT molecular complexity index is 326. The highest BCUT2D eigenvalue weighted by Gasteiger charge is 2.33. The second kappa shape index (κ2) is 3.67. The van der Waals surface area contributed by atoms with E-state index in [1.54, 1.807) is 31.4 Å². The van der Waals surface area contributed by atoms with E-state index < -0.39 is 0 Å². The lowest BCUT2D eigenvalue weighted by molar-refractivity contribution is -0.135. The summed E-state index contributed by atoms with van der Waals surface area (Å²) >= 11 is 0. The highest BCUT2D eigenvalue weighted by molar-refractivity contribution is 5.79. The van der Waals surface area contributed by atoms with E-state index in [-0.39, 0.29) is 12.1 Å². The topological polar surface area (TPSA) is 48.1 Å². The maximum atomic E-state index is 11.2. The maximum Gasteiger partial charge on any atom is 0.343 e. The second-order valence-electron chi connectivity index (χ2n) is 2.92. The quantitative estimate of drug-likeness (QED) is 0.409. The molecule has 4 nitrogen and oxygen atoms in total. The number of carbonyl (C=O) groups is 1. The summed E-state index contributed by atoms with van der Waals surface area (Å²) in [7, 11) is 1.58. The average molecular weight is 194 g/mol. The van der Waals surface area contributed by atoms with Gasteiger partial charge >= 0.3 is 5.97 Å². The first-order valence-electron chi connectivity index (χ1n) is 4.27. The number of hydrogen-bond acceptors (Lipinski definition) is 4. The van der Waals surface area contributed by atoms with Gasteiger partial charge in [0.05, 0.1) is 13.7 Å². The Labute approximate surface area is 81.4 Å². The van der Waals surface area contributed by atoms with Crippen LogP contribution in [-0.4, -0.2) is 25.8 Å². The van der Waals surface area contributed by atoms with Gasteiger partial charge < -0.3 is 14.2 Å². The van der Waals surface area contributed by atoms with E-state index in [0.29, 0.717) is 12.4 Å². The summed E-state index contributed by atoms with van der Waals surface area (Å²) in [4.78, 5) is 11.2. The second-order valence-corrected chi connectivity index (χ2v) is 2.92. The first-order chi connectivity index (χ1) is 6.79. The Kier molecular flexibility index (Phi) is 2.37. The molecule has 0 saturated carbocycles. The van der Waals surface area contributed by atoms with E-state index in [9.17, 15) is 4.79 Å².